The minimum absolute atomic E-state index is 0.130. The van der Waals surface area contributed by atoms with Gasteiger partial charge in [-0.2, -0.15) is 5.26 Å². The van der Waals surface area contributed by atoms with E-state index in [4.69, 9.17) is 10.00 Å². The van der Waals surface area contributed by atoms with Crippen LogP contribution < -0.4 is 4.90 Å². The molecule has 5 heteroatoms. The molecular weight excluding hydrogens is 230 g/mol. The van der Waals surface area contributed by atoms with E-state index in [1.54, 1.807) is 12.3 Å². The number of rotatable bonds is 4. The number of carbonyl (C=O) groups is 1. The molecule has 0 aromatic carbocycles. The zero-order chi connectivity index (χ0) is 13.0. The molecule has 0 radical (unpaired) electrons. The Morgan fingerprint density at radius 2 is 2.44 bits per heavy atom. The van der Waals surface area contributed by atoms with Crippen molar-refractivity contribution in [3.8, 4) is 6.07 Å². The van der Waals surface area contributed by atoms with Crippen LogP contribution in [0.1, 0.15) is 19.0 Å². The Hall–Kier alpha value is -2.09. The van der Waals surface area contributed by atoms with Gasteiger partial charge in [-0.3, -0.25) is 4.79 Å². The van der Waals surface area contributed by atoms with Crippen molar-refractivity contribution in [2.75, 3.05) is 24.6 Å². The van der Waals surface area contributed by atoms with E-state index in [0.29, 0.717) is 24.6 Å². The smallest absolute Gasteiger partial charge is 0.306 e. The van der Waals surface area contributed by atoms with Gasteiger partial charge in [0.25, 0.3) is 0 Å². The maximum Gasteiger partial charge on any atom is 0.306 e. The Labute approximate surface area is 106 Å². The van der Waals surface area contributed by atoms with Crippen molar-refractivity contribution in [2.24, 2.45) is 5.92 Å². The number of pyridine rings is 1. The van der Waals surface area contributed by atoms with E-state index in [-0.39, 0.29) is 5.97 Å². The summed E-state index contributed by atoms with van der Waals surface area (Å²) in [5.41, 5.74) is 1.41. The highest BCUT2D eigenvalue weighted by Gasteiger charge is 2.29. The lowest BCUT2D eigenvalue weighted by molar-refractivity contribution is -0.144. The first-order valence-electron chi connectivity index (χ1n) is 5.99. The number of carbonyl (C=O) groups excluding carboxylic acids is 1. The van der Waals surface area contributed by atoms with Crippen molar-refractivity contribution in [1.29, 1.82) is 5.26 Å². The van der Waals surface area contributed by atoms with Crippen LogP contribution in [0.3, 0.4) is 0 Å². The number of nitriles is 1. The highest BCUT2D eigenvalue weighted by Crippen LogP contribution is 2.26. The minimum Gasteiger partial charge on any atom is -0.466 e. The molecule has 0 saturated carbocycles. The second-order valence-corrected chi connectivity index (χ2v) is 4.29. The molecule has 2 heterocycles. The molecule has 1 aromatic rings. The molecule has 0 spiro atoms. The molecular formula is C13H15N3O2. The summed E-state index contributed by atoms with van der Waals surface area (Å²) >= 11 is 0. The van der Waals surface area contributed by atoms with Crippen LogP contribution in [-0.4, -0.2) is 30.6 Å². The first-order chi connectivity index (χ1) is 8.72. The van der Waals surface area contributed by atoms with Crippen LogP contribution in [0, 0.1) is 17.2 Å². The minimum atomic E-state index is -0.130. The van der Waals surface area contributed by atoms with Crippen LogP contribution in [-0.2, 0) is 9.53 Å². The lowest BCUT2D eigenvalue weighted by Crippen LogP contribution is -2.47. The van der Waals surface area contributed by atoms with Crippen LogP contribution in [0.5, 0.6) is 0 Å². The number of hydrogen-bond donors (Lipinski definition) is 0. The topological polar surface area (TPSA) is 66.2 Å². The summed E-state index contributed by atoms with van der Waals surface area (Å²) in [6, 6.07) is 5.66. The summed E-state index contributed by atoms with van der Waals surface area (Å²) in [4.78, 5) is 17.4. The van der Waals surface area contributed by atoms with Crippen molar-refractivity contribution in [2.45, 2.75) is 13.3 Å². The molecule has 2 rings (SSSR count). The molecule has 0 aliphatic carbocycles. The molecule has 0 bridgehead atoms. The second kappa shape index (κ2) is 5.50. The maximum atomic E-state index is 11.3. The standard InChI is InChI=1S/C13H15N3O2/c1-2-18-13(17)5-10-8-16(9-10)12-3-4-15-11(6-12)7-14/h3-4,6,10H,2,5,8-9H2,1H3. The van der Waals surface area contributed by atoms with Crippen molar-refractivity contribution >= 4 is 11.7 Å². The fraction of sp³-hybridized carbons (Fsp3) is 0.462. The molecule has 0 unspecified atom stereocenters. The fourth-order valence-corrected chi connectivity index (χ4v) is 2.04. The van der Waals surface area contributed by atoms with Gasteiger partial charge < -0.3 is 9.64 Å². The van der Waals surface area contributed by atoms with Crippen LogP contribution >= 0.6 is 0 Å². The van der Waals surface area contributed by atoms with Crippen LogP contribution in [0.2, 0.25) is 0 Å². The van der Waals surface area contributed by atoms with Crippen LogP contribution in [0.4, 0.5) is 5.69 Å². The molecule has 1 aliphatic rings. The van der Waals surface area contributed by atoms with Gasteiger partial charge in [0.1, 0.15) is 11.8 Å². The number of aromatic nitrogens is 1. The summed E-state index contributed by atoms with van der Waals surface area (Å²) in [5, 5.41) is 8.77. The summed E-state index contributed by atoms with van der Waals surface area (Å²) in [7, 11) is 0. The Balaban J connectivity index is 1.85. The molecule has 1 saturated heterocycles. The fourth-order valence-electron chi connectivity index (χ4n) is 2.04. The van der Waals surface area contributed by atoms with Gasteiger partial charge in [0.05, 0.1) is 13.0 Å². The van der Waals surface area contributed by atoms with E-state index in [9.17, 15) is 4.79 Å². The lowest BCUT2D eigenvalue weighted by atomic mass is 9.95. The van der Waals surface area contributed by atoms with Crippen molar-refractivity contribution in [3.05, 3.63) is 24.0 Å². The molecule has 0 N–H and O–H groups in total. The van der Waals surface area contributed by atoms with Gasteiger partial charge in [-0.15, -0.1) is 0 Å². The third-order valence-electron chi connectivity index (χ3n) is 2.94. The molecule has 0 atom stereocenters. The molecule has 18 heavy (non-hydrogen) atoms. The van der Waals surface area contributed by atoms with Gasteiger partial charge in [-0.1, -0.05) is 0 Å². The quantitative estimate of drug-likeness (QED) is 0.749. The number of anilines is 1. The molecule has 0 amide bonds. The monoisotopic (exact) mass is 245 g/mol. The Kier molecular flexibility index (Phi) is 3.78. The van der Waals surface area contributed by atoms with Crippen LogP contribution in [0.15, 0.2) is 18.3 Å². The number of ether oxygens (including phenoxy) is 1. The average Bonchev–Trinajstić information content (AvgIpc) is 2.33. The van der Waals surface area contributed by atoms with Crippen molar-refractivity contribution in [3.63, 3.8) is 0 Å². The van der Waals surface area contributed by atoms with Gasteiger partial charge in [-0.25, -0.2) is 4.98 Å². The first-order valence-corrected chi connectivity index (χ1v) is 5.99. The highest BCUT2D eigenvalue weighted by molar-refractivity contribution is 5.70. The highest BCUT2D eigenvalue weighted by atomic mass is 16.5. The lowest BCUT2D eigenvalue weighted by Gasteiger charge is -2.40. The predicted octanol–water partition coefficient (Wildman–Crippen LogP) is 1.34. The van der Waals surface area contributed by atoms with E-state index in [0.717, 1.165) is 18.8 Å². The number of nitrogens with zero attached hydrogens (tertiary/aromatic N) is 3. The molecule has 1 fully saturated rings. The molecule has 1 aromatic heterocycles. The third kappa shape index (κ3) is 2.77. The predicted molar refractivity (Wildman–Crippen MR) is 65.9 cm³/mol. The Morgan fingerprint density at radius 3 is 3.11 bits per heavy atom. The molecule has 5 nitrogen and oxygen atoms in total. The summed E-state index contributed by atoms with van der Waals surface area (Å²) in [6.45, 7) is 3.90. The van der Waals surface area contributed by atoms with E-state index < -0.39 is 0 Å². The summed E-state index contributed by atoms with van der Waals surface area (Å²) in [6.07, 6.45) is 2.10. The average molecular weight is 245 g/mol. The van der Waals surface area contributed by atoms with Gasteiger partial charge >= 0.3 is 5.97 Å². The Morgan fingerprint density at radius 1 is 1.67 bits per heavy atom. The Bertz CT molecular complexity index is 475. The molecule has 1 aliphatic heterocycles. The largest absolute Gasteiger partial charge is 0.466 e. The number of esters is 1. The summed E-state index contributed by atoms with van der Waals surface area (Å²) in [5.74, 6) is 0.220. The van der Waals surface area contributed by atoms with E-state index in [1.165, 1.54) is 0 Å². The molecule has 94 valence electrons. The summed E-state index contributed by atoms with van der Waals surface area (Å²) < 4.78 is 4.92. The zero-order valence-electron chi connectivity index (χ0n) is 10.3. The van der Waals surface area contributed by atoms with E-state index >= 15 is 0 Å². The van der Waals surface area contributed by atoms with Crippen LogP contribution in [0.25, 0.3) is 0 Å². The van der Waals surface area contributed by atoms with Gasteiger partial charge in [-0.05, 0) is 19.1 Å². The van der Waals surface area contributed by atoms with E-state index in [1.807, 2.05) is 19.1 Å². The van der Waals surface area contributed by atoms with E-state index in [2.05, 4.69) is 9.88 Å². The third-order valence-corrected chi connectivity index (χ3v) is 2.94. The SMILES string of the molecule is CCOC(=O)CC1CN(c2ccnc(C#N)c2)C1. The number of hydrogen-bond acceptors (Lipinski definition) is 5. The van der Waals surface area contributed by atoms with Gasteiger partial charge in [0, 0.05) is 30.9 Å². The first kappa shape index (κ1) is 12.4. The van der Waals surface area contributed by atoms with Crippen molar-refractivity contribution in [1.82, 2.24) is 4.98 Å². The normalized spacial score (nSPS) is 14.8. The van der Waals surface area contributed by atoms with Crippen molar-refractivity contribution < 1.29 is 9.53 Å². The van der Waals surface area contributed by atoms with Gasteiger partial charge in [0.15, 0.2) is 0 Å². The maximum absolute atomic E-state index is 11.3. The van der Waals surface area contributed by atoms with Gasteiger partial charge in [0.2, 0.25) is 0 Å². The zero-order valence-corrected chi connectivity index (χ0v) is 10.3. The second-order valence-electron chi connectivity index (χ2n) is 4.29.